The molecule has 0 bridgehead atoms. The number of benzene rings is 2. The van der Waals surface area contributed by atoms with Gasteiger partial charge in [-0.1, -0.05) is 23.7 Å². The van der Waals surface area contributed by atoms with Crippen LogP contribution in [0, 0.1) is 0 Å². The quantitative estimate of drug-likeness (QED) is 0.654. The Hall–Kier alpha value is -2.54. The van der Waals surface area contributed by atoms with Gasteiger partial charge in [-0.05, 0) is 42.3 Å². The number of carbonyl (C=O) groups excluding carboxylic acids is 1. The molecule has 0 heterocycles. The minimum Gasteiger partial charge on any atom is -0.493 e. The number of halogens is 3. The van der Waals surface area contributed by atoms with Crippen LogP contribution in [0.2, 0.25) is 5.02 Å². The molecule has 0 saturated carbocycles. The molecule has 0 aliphatic heterocycles. The smallest absolute Gasteiger partial charge is 0.387 e. The van der Waals surface area contributed by atoms with Crippen molar-refractivity contribution >= 4 is 17.5 Å². The first kappa shape index (κ1) is 20.8. The van der Waals surface area contributed by atoms with Gasteiger partial charge in [0.15, 0.2) is 11.5 Å². The summed E-state index contributed by atoms with van der Waals surface area (Å²) in [6.45, 7) is -2.36. The highest BCUT2D eigenvalue weighted by molar-refractivity contribution is 6.30. The van der Waals surface area contributed by atoms with Crippen LogP contribution in [0.25, 0.3) is 0 Å². The molecule has 2 rings (SSSR count). The van der Waals surface area contributed by atoms with E-state index in [-0.39, 0.29) is 30.4 Å². The molecule has 0 saturated heterocycles. The van der Waals surface area contributed by atoms with E-state index in [9.17, 15) is 13.6 Å². The van der Waals surface area contributed by atoms with Crippen LogP contribution in [0.3, 0.4) is 0 Å². The second-order valence-electron chi connectivity index (χ2n) is 5.52. The van der Waals surface area contributed by atoms with Crippen molar-refractivity contribution in [3.63, 3.8) is 0 Å². The minimum atomic E-state index is -2.94. The molecule has 2 aromatic carbocycles. The number of ether oxygens (including phenoxy) is 3. The number of rotatable bonds is 10. The van der Waals surface area contributed by atoms with Crippen LogP contribution in [-0.2, 0) is 11.2 Å². The molecule has 0 fully saturated rings. The predicted octanol–water partition coefficient (Wildman–Crippen LogP) is 4.08. The number of nitrogens with one attached hydrogen (secondary N) is 1. The molecule has 0 atom stereocenters. The lowest BCUT2D eigenvalue weighted by atomic mass is 10.1. The summed E-state index contributed by atoms with van der Waals surface area (Å²) in [6, 6.07) is 11.7. The zero-order valence-electron chi connectivity index (χ0n) is 14.7. The zero-order chi connectivity index (χ0) is 19.6. The SMILES string of the molecule is COc1ccc(CCNC(=O)CCOc2cccc(Cl)c2)cc1OC(F)F. The molecule has 27 heavy (non-hydrogen) atoms. The van der Waals surface area contributed by atoms with E-state index in [4.69, 9.17) is 21.1 Å². The van der Waals surface area contributed by atoms with E-state index in [0.29, 0.717) is 23.7 Å². The molecule has 2 aromatic rings. The summed E-state index contributed by atoms with van der Waals surface area (Å²) in [6.07, 6.45) is 0.652. The van der Waals surface area contributed by atoms with Crippen molar-refractivity contribution in [2.75, 3.05) is 20.3 Å². The van der Waals surface area contributed by atoms with Crippen molar-refractivity contribution in [2.24, 2.45) is 0 Å². The van der Waals surface area contributed by atoms with Crippen molar-refractivity contribution in [3.8, 4) is 17.2 Å². The van der Waals surface area contributed by atoms with Crippen LogP contribution < -0.4 is 19.5 Å². The Balaban J connectivity index is 1.74. The monoisotopic (exact) mass is 399 g/mol. The third kappa shape index (κ3) is 7.30. The maximum Gasteiger partial charge on any atom is 0.387 e. The van der Waals surface area contributed by atoms with E-state index in [1.165, 1.54) is 13.2 Å². The van der Waals surface area contributed by atoms with Gasteiger partial charge in [-0.25, -0.2) is 0 Å². The number of methoxy groups -OCH3 is 1. The molecule has 1 amide bonds. The van der Waals surface area contributed by atoms with Crippen molar-refractivity contribution in [1.82, 2.24) is 5.32 Å². The Morgan fingerprint density at radius 2 is 2.00 bits per heavy atom. The zero-order valence-corrected chi connectivity index (χ0v) is 15.5. The lowest BCUT2D eigenvalue weighted by Gasteiger charge is -2.12. The summed E-state index contributed by atoms with van der Waals surface area (Å²) >= 11 is 5.85. The first-order chi connectivity index (χ1) is 13.0. The Morgan fingerprint density at radius 3 is 2.70 bits per heavy atom. The van der Waals surface area contributed by atoms with Gasteiger partial charge in [0.1, 0.15) is 5.75 Å². The number of alkyl halides is 2. The van der Waals surface area contributed by atoms with Gasteiger partial charge in [-0.15, -0.1) is 0 Å². The van der Waals surface area contributed by atoms with Gasteiger partial charge in [-0.3, -0.25) is 4.79 Å². The van der Waals surface area contributed by atoms with Gasteiger partial charge >= 0.3 is 6.61 Å². The summed E-state index contributed by atoms with van der Waals surface area (Å²) < 4.78 is 39.7. The first-order valence-corrected chi connectivity index (χ1v) is 8.62. The van der Waals surface area contributed by atoms with Crippen LogP contribution in [0.1, 0.15) is 12.0 Å². The van der Waals surface area contributed by atoms with Gasteiger partial charge in [-0.2, -0.15) is 8.78 Å². The van der Waals surface area contributed by atoms with E-state index in [2.05, 4.69) is 10.1 Å². The highest BCUT2D eigenvalue weighted by Gasteiger charge is 2.11. The normalized spacial score (nSPS) is 10.6. The van der Waals surface area contributed by atoms with E-state index < -0.39 is 6.61 Å². The van der Waals surface area contributed by atoms with Crippen molar-refractivity contribution < 1.29 is 27.8 Å². The third-order valence-corrected chi connectivity index (χ3v) is 3.81. The molecule has 8 heteroatoms. The number of hydrogen-bond acceptors (Lipinski definition) is 4. The molecule has 5 nitrogen and oxygen atoms in total. The lowest BCUT2D eigenvalue weighted by molar-refractivity contribution is -0.121. The second kappa shape index (κ2) is 10.6. The van der Waals surface area contributed by atoms with Gasteiger partial charge < -0.3 is 19.5 Å². The van der Waals surface area contributed by atoms with E-state index >= 15 is 0 Å². The number of carbonyl (C=O) groups is 1. The maximum atomic E-state index is 12.4. The Bertz CT molecular complexity index is 758. The molecule has 1 N–H and O–H groups in total. The summed E-state index contributed by atoms with van der Waals surface area (Å²) in [5, 5.41) is 3.31. The molecule has 0 unspecified atom stereocenters. The summed E-state index contributed by atoms with van der Waals surface area (Å²) in [7, 11) is 1.37. The first-order valence-electron chi connectivity index (χ1n) is 8.24. The molecule has 146 valence electrons. The van der Waals surface area contributed by atoms with Crippen LogP contribution >= 0.6 is 11.6 Å². The Kier molecular flexibility index (Phi) is 8.13. The fraction of sp³-hybridized carbons (Fsp3) is 0.316. The second-order valence-corrected chi connectivity index (χ2v) is 5.96. The molecular weight excluding hydrogens is 380 g/mol. The molecular formula is C19H20ClF2NO4. The van der Waals surface area contributed by atoms with Crippen LogP contribution in [0.5, 0.6) is 17.2 Å². The fourth-order valence-corrected chi connectivity index (χ4v) is 2.50. The van der Waals surface area contributed by atoms with Gasteiger partial charge in [0.2, 0.25) is 5.91 Å². The van der Waals surface area contributed by atoms with E-state index in [0.717, 1.165) is 5.56 Å². The van der Waals surface area contributed by atoms with Crippen LogP contribution in [0.15, 0.2) is 42.5 Å². The number of hydrogen-bond donors (Lipinski definition) is 1. The largest absolute Gasteiger partial charge is 0.493 e. The van der Waals surface area contributed by atoms with Crippen LogP contribution in [-0.4, -0.2) is 32.8 Å². The average molecular weight is 400 g/mol. The highest BCUT2D eigenvalue weighted by Crippen LogP contribution is 2.29. The molecule has 0 radical (unpaired) electrons. The standard InChI is InChI=1S/C19H20ClF2NO4/c1-25-16-6-5-13(11-17(16)27-19(21)22)7-9-23-18(24)8-10-26-15-4-2-3-14(20)12-15/h2-6,11-12,19H,7-10H2,1H3,(H,23,24). The average Bonchev–Trinajstić information content (AvgIpc) is 2.61. The van der Waals surface area contributed by atoms with E-state index in [1.54, 1.807) is 36.4 Å². The summed E-state index contributed by atoms with van der Waals surface area (Å²) in [4.78, 5) is 11.8. The van der Waals surface area contributed by atoms with Gasteiger partial charge in [0, 0.05) is 11.6 Å². The molecule has 0 aliphatic rings. The molecule has 0 aliphatic carbocycles. The number of amides is 1. The predicted molar refractivity (Wildman–Crippen MR) is 97.9 cm³/mol. The van der Waals surface area contributed by atoms with Crippen molar-refractivity contribution in [3.05, 3.63) is 53.1 Å². The van der Waals surface area contributed by atoms with Crippen molar-refractivity contribution in [1.29, 1.82) is 0 Å². The fourth-order valence-electron chi connectivity index (χ4n) is 2.32. The Labute approximate surface area is 161 Å². The maximum absolute atomic E-state index is 12.4. The van der Waals surface area contributed by atoms with Gasteiger partial charge in [0.05, 0.1) is 20.1 Å². The van der Waals surface area contributed by atoms with Crippen LogP contribution in [0.4, 0.5) is 8.78 Å². The summed E-state index contributed by atoms with van der Waals surface area (Å²) in [5.74, 6) is 0.613. The highest BCUT2D eigenvalue weighted by atomic mass is 35.5. The topological polar surface area (TPSA) is 56.8 Å². The molecule has 0 spiro atoms. The summed E-state index contributed by atoms with van der Waals surface area (Å²) in [5.41, 5.74) is 0.738. The lowest BCUT2D eigenvalue weighted by Crippen LogP contribution is -2.27. The van der Waals surface area contributed by atoms with E-state index in [1.807, 2.05) is 0 Å². The van der Waals surface area contributed by atoms with Crippen molar-refractivity contribution in [2.45, 2.75) is 19.5 Å². The third-order valence-electron chi connectivity index (χ3n) is 3.57. The Morgan fingerprint density at radius 1 is 1.19 bits per heavy atom. The minimum absolute atomic E-state index is 0.0359. The van der Waals surface area contributed by atoms with Gasteiger partial charge in [0.25, 0.3) is 0 Å². The molecule has 0 aromatic heterocycles.